The molecule has 0 unspecified atom stereocenters. The normalized spacial score (nSPS) is 10.3. The highest BCUT2D eigenvalue weighted by molar-refractivity contribution is 5.57. The zero-order valence-electron chi connectivity index (χ0n) is 10.3. The molecular weight excluding hydrogens is 238 g/mol. The van der Waals surface area contributed by atoms with E-state index in [9.17, 15) is 0 Å². The van der Waals surface area contributed by atoms with Gasteiger partial charge in [0.2, 0.25) is 0 Å². The van der Waals surface area contributed by atoms with Gasteiger partial charge in [0, 0.05) is 5.56 Å². The summed E-state index contributed by atoms with van der Waals surface area (Å²) in [5.41, 5.74) is 2.97. The van der Waals surface area contributed by atoms with Gasteiger partial charge in [0.25, 0.3) is 0 Å². The highest BCUT2D eigenvalue weighted by Gasteiger charge is 2.07. The molecule has 4 nitrogen and oxygen atoms in total. The van der Waals surface area contributed by atoms with Crippen LogP contribution in [-0.4, -0.2) is 15.2 Å². The predicted octanol–water partition coefficient (Wildman–Crippen LogP) is 2.57. The van der Waals surface area contributed by atoms with Crippen LogP contribution >= 0.6 is 0 Å². The van der Waals surface area contributed by atoms with Gasteiger partial charge < -0.3 is 4.84 Å². The van der Waals surface area contributed by atoms with E-state index in [2.05, 4.69) is 10.3 Å². The molecule has 4 heteroatoms. The minimum atomic E-state index is 0.462. The molecule has 1 aromatic heterocycles. The van der Waals surface area contributed by atoms with Gasteiger partial charge in [-0.1, -0.05) is 65.5 Å². The summed E-state index contributed by atoms with van der Waals surface area (Å²) in [5, 5.41) is 7.85. The molecule has 0 fully saturated rings. The smallest absolute Gasteiger partial charge is 0.142 e. The van der Waals surface area contributed by atoms with Crippen molar-refractivity contribution in [2.45, 2.75) is 6.61 Å². The second kappa shape index (κ2) is 5.35. The Labute approximate surface area is 111 Å². The van der Waals surface area contributed by atoms with E-state index in [1.807, 2.05) is 60.7 Å². The van der Waals surface area contributed by atoms with E-state index in [1.165, 1.54) is 4.85 Å². The lowest BCUT2D eigenvalue weighted by Crippen LogP contribution is -2.14. The van der Waals surface area contributed by atoms with Crippen LogP contribution in [0.2, 0.25) is 0 Å². The summed E-state index contributed by atoms with van der Waals surface area (Å²) in [5.74, 6) is 0. The first kappa shape index (κ1) is 11.5. The van der Waals surface area contributed by atoms with Crippen molar-refractivity contribution < 1.29 is 4.84 Å². The van der Waals surface area contributed by atoms with Crippen LogP contribution in [0.15, 0.2) is 66.9 Å². The first-order chi connectivity index (χ1) is 9.43. The van der Waals surface area contributed by atoms with E-state index in [0.29, 0.717) is 6.61 Å². The molecule has 0 bridgehead atoms. The second-order valence-corrected chi connectivity index (χ2v) is 4.12. The molecule has 0 aliphatic rings. The Kier molecular flexibility index (Phi) is 3.23. The summed E-state index contributed by atoms with van der Waals surface area (Å²) in [4.78, 5) is 7.12. The minimum Gasteiger partial charge on any atom is -0.390 e. The Bertz CT molecular complexity index is 635. The van der Waals surface area contributed by atoms with Crippen molar-refractivity contribution in [2.75, 3.05) is 0 Å². The topological polar surface area (TPSA) is 39.9 Å². The molecule has 94 valence electrons. The lowest BCUT2D eigenvalue weighted by atomic mass is 10.2. The van der Waals surface area contributed by atoms with Crippen LogP contribution in [-0.2, 0) is 6.61 Å². The quantitative estimate of drug-likeness (QED) is 0.715. The number of aromatic nitrogens is 3. The van der Waals surface area contributed by atoms with Gasteiger partial charge in [-0.15, -0.1) is 5.10 Å². The van der Waals surface area contributed by atoms with Gasteiger partial charge >= 0.3 is 0 Å². The molecule has 3 aromatic rings. The van der Waals surface area contributed by atoms with E-state index in [0.717, 1.165) is 16.8 Å². The van der Waals surface area contributed by atoms with Gasteiger partial charge in [-0.2, -0.15) is 0 Å². The monoisotopic (exact) mass is 251 g/mol. The number of hydrogen-bond acceptors (Lipinski definition) is 3. The maximum absolute atomic E-state index is 5.66. The Morgan fingerprint density at radius 1 is 0.895 bits per heavy atom. The molecule has 0 saturated carbocycles. The van der Waals surface area contributed by atoms with Gasteiger partial charge in [-0.25, -0.2) is 0 Å². The fraction of sp³-hybridized carbons (Fsp3) is 0.0667. The molecule has 3 rings (SSSR count). The molecule has 1 heterocycles. The number of nitrogens with zero attached hydrogens (tertiary/aromatic N) is 3. The maximum atomic E-state index is 5.66. The van der Waals surface area contributed by atoms with Crippen LogP contribution in [0.5, 0.6) is 0 Å². The highest BCUT2D eigenvalue weighted by Crippen LogP contribution is 2.16. The summed E-state index contributed by atoms with van der Waals surface area (Å²) >= 11 is 0. The Hall–Kier alpha value is -2.62. The molecule has 19 heavy (non-hydrogen) atoms. The summed E-state index contributed by atoms with van der Waals surface area (Å²) < 4.78 is 0. The number of rotatable bonds is 4. The first-order valence-electron chi connectivity index (χ1n) is 6.07. The molecule has 0 saturated heterocycles. The van der Waals surface area contributed by atoms with Crippen molar-refractivity contribution >= 4 is 0 Å². The van der Waals surface area contributed by atoms with Crippen LogP contribution in [0.4, 0.5) is 0 Å². The van der Waals surface area contributed by atoms with Crippen LogP contribution in [0.25, 0.3) is 11.3 Å². The molecule has 0 spiro atoms. The van der Waals surface area contributed by atoms with Gasteiger partial charge in [0.1, 0.15) is 12.3 Å². The maximum Gasteiger partial charge on any atom is 0.142 e. The number of benzene rings is 2. The molecule has 0 aliphatic heterocycles. The third-order valence-corrected chi connectivity index (χ3v) is 2.78. The van der Waals surface area contributed by atoms with Crippen molar-refractivity contribution in [3.05, 3.63) is 72.4 Å². The van der Waals surface area contributed by atoms with Crippen molar-refractivity contribution in [3.8, 4) is 11.3 Å². The Morgan fingerprint density at radius 3 is 2.32 bits per heavy atom. The zero-order valence-corrected chi connectivity index (χ0v) is 10.3. The molecule has 0 atom stereocenters. The molecular formula is C15H13N3O. The van der Waals surface area contributed by atoms with E-state index >= 15 is 0 Å². The molecule has 0 amide bonds. The largest absolute Gasteiger partial charge is 0.390 e. The van der Waals surface area contributed by atoms with E-state index in [1.54, 1.807) is 6.20 Å². The summed E-state index contributed by atoms with van der Waals surface area (Å²) in [7, 11) is 0. The van der Waals surface area contributed by atoms with Crippen LogP contribution in [0.1, 0.15) is 5.56 Å². The van der Waals surface area contributed by atoms with E-state index in [-0.39, 0.29) is 0 Å². The minimum absolute atomic E-state index is 0.462. The van der Waals surface area contributed by atoms with Gasteiger partial charge in [-0.05, 0) is 10.8 Å². The van der Waals surface area contributed by atoms with Crippen LogP contribution in [0, 0.1) is 0 Å². The Morgan fingerprint density at radius 2 is 1.58 bits per heavy atom. The predicted molar refractivity (Wildman–Crippen MR) is 72.2 cm³/mol. The molecule has 0 radical (unpaired) electrons. The zero-order chi connectivity index (χ0) is 12.9. The van der Waals surface area contributed by atoms with E-state index in [4.69, 9.17) is 4.84 Å². The van der Waals surface area contributed by atoms with Crippen LogP contribution in [0.3, 0.4) is 0 Å². The van der Waals surface area contributed by atoms with Gasteiger partial charge in [0.05, 0.1) is 6.20 Å². The average Bonchev–Trinajstić information content (AvgIpc) is 2.95. The first-order valence-corrected chi connectivity index (χ1v) is 6.07. The van der Waals surface area contributed by atoms with E-state index < -0.39 is 0 Å². The average molecular weight is 251 g/mol. The van der Waals surface area contributed by atoms with Crippen molar-refractivity contribution in [1.82, 2.24) is 15.2 Å². The fourth-order valence-corrected chi connectivity index (χ4v) is 1.82. The van der Waals surface area contributed by atoms with Crippen molar-refractivity contribution in [1.29, 1.82) is 0 Å². The van der Waals surface area contributed by atoms with Gasteiger partial charge in [0.15, 0.2) is 0 Å². The SMILES string of the molecule is c1ccc(COn2nncc2-c2ccccc2)cc1. The van der Waals surface area contributed by atoms with Gasteiger partial charge in [-0.3, -0.25) is 0 Å². The summed E-state index contributed by atoms with van der Waals surface area (Å²) in [6, 6.07) is 19.9. The highest BCUT2D eigenvalue weighted by atomic mass is 16.7. The van der Waals surface area contributed by atoms with Crippen molar-refractivity contribution in [2.24, 2.45) is 0 Å². The van der Waals surface area contributed by atoms with Crippen molar-refractivity contribution in [3.63, 3.8) is 0 Å². The molecule has 2 aromatic carbocycles. The second-order valence-electron chi connectivity index (χ2n) is 4.12. The van der Waals surface area contributed by atoms with Crippen LogP contribution < -0.4 is 4.84 Å². The number of hydrogen-bond donors (Lipinski definition) is 0. The lowest BCUT2D eigenvalue weighted by molar-refractivity contribution is 0.0696. The molecule has 0 N–H and O–H groups in total. The fourth-order valence-electron chi connectivity index (χ4n) is 1.82. The third kappa shape index (κ3) is 2.63. The standard InChI is InChI=1S/C15H13N3O/c1-3-7-13(8-4-1)12-19-18-15(11-16-17-18)14-9-5-2-6-10-14/h1-11H,12H2. The third-order valence-electron chi connectivity index (χ3n) is 2.78. The molecule has 0 aliphatic carbocycles. The summed E-state index contributed by atoms with van der Waals surface area (Å²) in [6.45, 7) is 0.462. The Balaban J connectivity index is 1.78. The summed E-state index contributed by atoms with van der Waals surface area (Å²) in [6.07, 6.45) is 1.69. The lowest BCUT2D eigenvalue weighted by Gasteiger charge is -2.07.